The summed E-state index contributed by atoms with van der Waals surface area (Å²) in [5.74, 6) is 0.286. The van der Waals surface area contributed by atoms with Gasteiger partial charge in [0.15, 0.2) is 5.96 Å². The van der Waals surface area contributed by atoms with E-state index in [1.807, 2.05) is 19.9 Å². The Kier molecular flexibility index (Phi) is 8.83. The minimum Gasteiger partial charge on any atom is -0.469 e. The van der Waals surface area contributed by atoms with Gasteiger partial charge in [0.2, 0.25) is 0 Å². The van der Waals surface area contributed by atoms with Gasteiger partial charge in [0, 0.05) is 19.5 Å². The average Bonchev–Trinajstić information content (AvgIpc) is 2.56. The lowest BCUT2D eigenvalue weighted by Gasteiger charge is -2.18. The first-order valence-electron chi connectivity index (χ1n) is 8.35. The molecular weight excluding hydrogens is 309 g/mol. The first-order valence-corrected chi connectivity index (χ1v) is 8.35. The predicted molar refractivity (Wildman–Crippen MR) is 94.5 cm³/mol. The zero-order chi connectivity index (χ0) is 17.9. The molecule has 24 heavy (non-hydrogen) atoms. The third kappa shape index (κ3) is 6.98. The quantitative estimate of drug-likeness (QED) is 0.331. The zero-order valence-corrected chi connectivity index (χ0v) is 15.0. The molecule has 134 valence electrons. The van der Waals surface area contributed by atoms with Gasteiger partial charge >= 0.3 is 5.97 Å². The van der Waals surface area contributed by atoms with E-state index in [1.54, 1.807) is 19.1 Å². The van der Waals surface area contributed by atoms with Gasteiger partial charge in [-0.25, -0.2) is 4.39 Å². The molecule has 0 radical (unpaired) electrons. The van der Waals surface area contributed by atoms with E-state index in [0.717, 1.165) is 24.9 Å². The monoisotopic (exact) mass is 337 g/mol. The molecule has 1 atom stereocenters. The highest BCUT2D eigenvalue weighted by molar-refractivity contribution is 5.80. The van der Waals surface area contributed by atoms with Crippen molar-refractivity contribution < 1.29 is 13.9 Å². The van der Waals surface area contributed by atoms with Crippen LogP contribution in [-0.4, -0.2) is 32.1 Å². The number of carbonyl (C=O) groups excluding carboxylic acids is 1. The predicted octanol–water partition coefficient (Wildman–Crippen LogP) is 3.09. The SMILES string of the molecule is CCNC(=NCCCCC(=O)OC)NC(C)c1ccc(C)c(F)c1. The van der Waals surface area contributed by atoms with Crippen LogP contribution in [0.4, 0.5) is 4.39 Å². The molecule has 0 fully saturated rings. The second-order valence-electron chi connectivity index (χ2n) is 5.67. The summed E-state index contributed by atoms with van der Waals surface area (Å²) in [5.41, 5.74) is 1.51. The molecule has 0 saturated carbocycles. The van der Waals surface area contributed by atoms with Crippen molar-refractivity contribution >= 4 is 11.9 Å². The molecule has 1 aromatic carbocycles. The van der Waals surface area contributed by atoms with E-state index in [2.05, 4.69) is 20.4 Å². The minimum atomic E-state index is -0.203. The molecule has 0 aliphatic rings. The maximum Gasteiger partial charge on any atom is 0.305 e. The van der Waals surface area contributed by atoms with Crippen molar-refractivity contribution in [2.24, 2.45) is 4.99 Å². The van der Waals surface area contributed by atoms with Crippen LogP contribution in [0.15, 0.2) is 23.2 Å². The number of methoxy groups -OCH3 is 1. The highest BCUT2D eigenvalue weighted by Gasteiger charge is 2.09. The number of nitrogens with zero attached hydrogens (tertiary/aromatic N) is 1. The topological polar surface area (TPSA) is 62.7 Å². The number of halogens is 1. The van der Waals surface area contributed by atoms with Crippen LogP contribution >= 0.6 is 0 Å². The maximum atomic E-state index is 13.7. The second kappa shape index (κ2) is 10.6. The smallest absolute Gasteiger partial charge is 0.305 e. The Bertz CT molecular complexity index is 561. The van der Waals surface area contributed by atoms with Crippen LogP contribution in [0.3, 0.4) is 0 Å². The van der Waals surface area contributed by atoms with Crippen LogP contribution in [0.1, 0.15) is 50.3 Å². The van der Waals surface area contributed by atoms with Gasteiger partial charge in [0.05, 0.1) is 13.2 Å². The standard InChI is InChI=1S/C18H28FN3O2/c1-5-20-18(21-11-7-6-8-17(23)24-4)22-14(3)15-10-9-13(2)16(19)12-15/h9-10,12,14H,5-8,11H2,1-4H3,(H2,20,21,22). The summed E-state index contributed by atoms with van der Waals surface area (Å²) in [4.78, 5) is 15.5. The molecule has 1 rings (SSSR count). The van der Waals surface area contributed by atoms with Crippen molar-refractivity contribution in [2.75, 3.05) is 20.2 Å². The van der Waals surface area contributed by atoms with Gasteiger partial charge in [-0.15, -0.1) is 0 Å². The van der Waals surface area contributed by atoms with Crippen molar-refractivity contribution in [3.05, 3.63) is 35.1 Å². The van der Waals surface area contributed by atoms with Gasteiger partial charge in [-0.3, -0.25) is 9.79 Å². The van der Waals surface area contributed by atoms with Gasteiger partial charge in [0.25, 0.3) is 0 Å². The highest BCUT2D eigenvalue weighted by atomic mass is 19.1. The summed E-state index contributed by atoms with van der Waals surface area (Å²) in [5, 5.41) is 6.45. The van der Waals surface area contributed by atoms with Crippen molar-refractivity contribution in [1.82, 2.24) is 10.6 Å². The van der Waals surface area contributed by atoms with Crippen molar-refractivity contribution in [2.45, 2.75) is 46.1 Å². The number of ether oxygens (including phenoxy) is 1. The first-order chi connectivity index (χ1) is 11.5. The van der Waals surface area contributed by atoms with Gasteiger partial charge in [-0.2, -0.15) is 0 Å². The number of nitrogens with one attached hydrogen (secondary N) is 2. The molecule has 0 heterocycles. The van der Waals surface area contributed by atoms with Crippen LogP contribution in [0.2, 0.25) is 0 Å². The van der Waals surface area contributed by atoms with E-state index < -0.39 is 0 Å². The molecule has 0 amide bonds. The molecule has 1 unspecified atom stereocenters. The van der Waals surface area contributed by atoms with E-state index in [0.29, 0.717) is 24.5 Å². The number of aryl methyl sites for hydroxylation is 1. The average molecular weight is 337 g/mol. The van der Waals surface area contributed by atoms with Gasteiger partial charge in [-0.05, 0) is 50.8 Å². The molecule has 0 bridgehead atoms. The lowest BCUT2D eigenvalue weighted by atomic mass is 10.1. The van der Waals surface area contributed by atoms with Crippen molar-refractivity contribution in [3.63, 3.8) is 0 Å². The Morgan fingerprint density at radius 3 is 2.75 bits per heavy atom. The number of aliphatic imine (C=N–C) groups is 1. The van der Waals surface area contributed by atoms with E-state index >= 15 is 0 Å². The fourth-order valence-electron chi connectivity index (χ4n) is 2.16. The van der Waals surface area contributed by atoms with Crippen molar-refractivity contribution in [1.29, 1.82) is 0 Å². The summed E-state index contributed by atoms with van der Waals surface area (Å²) in [6.07, 6.45) is 1.96. The summed E-state index contributed by atoms with van der Waals surface area (Å²) in [6.45, 7) is 7.06. The number of rotatable bonds is 8. The van der Waals surface area contributed by atoms with Crippen LogP contribution in [0, 0.1) is 12.7 Å². The Balaban J connectivity index is 2.55. The molecule has 0 saturated heterocycles. The Morgan fingerprint density at radius 2 is 2.12 bits per heavy atom. The number of esters is 1. The lowest BCUT2D eigenvalue weighted by Crippen LogP contribution is -2.38. The zero-order valence-electron chi connectivity index (χ0n) is 15.0. The van der Waals surface area contributed by atoms with E-state index in [1.165, 1.54) is 7.11 Å². The summed E-state index contributed by atoms with van der Waals surface area (Å²) in [7, 11) is 1.39. The largest absolute Gasteiger partial charge is 0.469 e. The first kappa shape index (κ1) is 19.9. The third-order valence-electron chi connectivity index (χ3n) is 3.68. The van der Waals surface area contributed by atoms with Gasteiger partial charge in [-0.1, -0.05) is 12.1 Å². The molecule has 0 aliphatic heterocycles. The molecule has 0 aromatic heterocycles. The van der Waals surface area contributed by atoms with Crippen LogP contribution < -0.4 is 10.6 Å². The molecule has 5 nitrogen and oxygen atoms in total. The Hall–Kier alpha value is -2.11. The Morgan fingerprint density at radius 1 is 1.38 bits per heavy atom. The summed E-state index contributed by atoms with van der Waals surface area (Å²) >= 11 is 0. The number of unbranched alkanes of at least 4 members (excludes halogenated alkanes) is 1. The lowest BCUT2D eigenvalue weighted by molar-refractivity contribution is -0.140. The molecule has 0 spiro atoms. The number of hydrogen-bond donors (Lipinski definition) is 2. The molecule has 6 heteroatoms. The normalized spacial score (nSPS) is 12.6. The number of benzene rings is 1. The molecular formula is C18H28FN3O2. The number of carbonyl (C=O) groups is 1. The van der Waals surface area contributed by atoms with E-state index in [9.17, 15) is 9.18 Å². The van der Waals surface area contributed by atoms with E-state index in [4.69, 9.17) is 0 Å². The summed E-state index contributed by atoms with van der Waals surface area (Å²) in [6, 6.07) is 5.18. The van der Waals surface area contributed by atoms with Crippen LogP contribution in [0.5, 0.6) is 0 Å². The van der Waals surface area contributed by atoms with Gasteiger partial charge in [0.1, 0.15) is 5.82 Å². The van der Waals surface area contributed by atoms with Crippen LogP contribution in [0.25, 0.3) is 0 Å². The van der Waals surface area contributed by atoms with E-state index in [-0.39, 0.29) is 17.8 Å². The van der Waals surface area contributed by atoms with Gasteiger partial charge < -0.3 is 15.4 Å². The fraction of sp³-hybridized carbons (Fsp3) is 0.556. The maximum absolute atomic E-state index is 13.7. The van der Waals surface area contributed by atoms with Crippen LogP contribution in [-0.2, 0) is 9.53 Å². The highest BCUT2D eigenvalue weighted by Crippen LogP contribution is 2.16. The third-order valence-corrected chi connectivity index (χ3v) is 3.68. The van der Waals surface area contributed by atoms with Crippen molar-refractivity contribution in [3.8, 4) is 0 Å². The number of hydrogen-bond acceptors (Lipinski definition) is 3. The number of guanidine groups is 1. The molecule has 1 aromatic rings. The minimum absolute atomic E-state index is 0.0621. The summed E-state index contributed by atoms with van der Waals surface area (Å²) < 4.78 is 18.3. The Labute approximate surface area is 143 Å². The fourth-order valence-corrected chi connectivity index (χ4v) is 2.16. The molecule has 2 N–H and O–H groups in total. The molecule has 0 aliphatic carbocycles. The second-order valence-corrected chi connectivity index (χ2v) is 5.67.